The SMILES string of the molecule is CNCCCON=C1CC[C@]2(C)[C@H]3CC[C@]4(C)C(=O)CC[C@H]4[C@@H]3CC(=NOC)[C@@]2(O)C1. The molecule has 0 bridgehead atoms. The van der Waals surface area contributed by atoms with Crippen LogP contribution in [0.3, 0.4) is 0 Å². The molecule has 7 heteroatoms. The Morgan fingerprint density at radius 3 is 2.71 bits per heavy atom. The number of fused-ring (bicyclic) bond motifs is 5. The Labute approximate surface area is 186 Å². The van der Waals surface area contributed by atoms with Crippen LogP contribution in [0.1, 0.15) is 71.6 Å². The summed E-state index contributed by atoms with van der Waals surface area (Å²) in [6.07, 6.45) is 7.33. The summed E-state index contributed by atoms with van der Waals surface area (Å²) in [5.74, 6) is 1.57. The van der Waals surface area contributed by atoms with Crippen molar-refractivity contribution in [1.82, 2.24) is 5.32 Å². The molecule has 0 spiro atoms. The van der Waals surface area contributed by atoms with Crippen LogP contribution in [0, 0.1) is 28.6 Å². The number of hydrogen-bond acceptors (Lipinski definition) is 7. The van der Waals surface area contributed by atoms with Gasteiger partial charge in [0.15, 0.2) is 0 Å². The predicted octanol–water partition coefficient (Wildman–Crippen LogP) is 3.31. The minimum absolute atomic E-state index is 0.201. The molecule has 4 aliphatic carbocycles. The number of carbonyl (C=O) groups excluding carboxylic acids is 1. The van der Waals surface area contributed by atoms with Crippen LogP contribution >= 0.6 is 0 Å². The third kappa shape index (κ3) is 3.52. The van der Waals surface area contributed by atoms with E-state index in [1.54, 1.807) is 7.11 Å². The first-order valence-corrected chi connectivity index (χ1v) is 12.0. The van der Waals surface area contributed by atoms with Crippen molar-refractivity contribution in [3.63, 3.8) is 0 Å². The maximum absolute atomic E-state index is 12.7. The normalized spacial score (nSPS) is 44.7. The van der Waals surface area contributed by atoms with Crippen LogP contribution in [-0.4, -0.2) is 55.2 Å². The molecule has 0 heterocycles. The monoisotopic (exact) mass is 433 g/mol. The Balaban J connectivity index is 1.60. The zero-order valence-corrected chi connectivity index (χ0v) is 19.6. The van der Waals surface area contributed by atoms with E-state index < -0.39 is 5.60 Å². The molecule has 4 saturated carbocycles. The van der Waals surface area contributed by atoms with Crippen LogP contribution < -0.4 is 5.32 Å². The number of hydrogen-bond donors (Lipinski definition) is 2. The first-order chi connectivity index (χ1) is 14.8. The number of oxime groups is 2. The minimum atomic E-state index is -1.08. The van der Waals surface area contributed by atoms with E-state index in [0.29, 0.717) is 49.4 Å². The molecule has 0 aliphatic heterocycles. The Morgan fingerprint density at radius 2 is 1.97 bits per heavy atom. The van der Waals surface area contributed by atoms with Crippen LogP contribution in [-0.2, 0) is 14.5 Å². The number of rotatable bonds is 6. The van der Waals surface area contributed by atoms with E-state index in [4.69, 9.17) is 9.68 Å². The predicted molar refractivity (Wildman–Crippen MR) is 120 cm³/mol. The van der Waals surface area contributed by atoms with E-state index in [1.165, 1.54) is 0 Å². The van der Waals surface area contributed by atoms with Gasteiger partial charge in [0.1, 0.15) is 25.1 Å². The van der Waals surface area contributed by atoms with E-state index in [9.17, 15) is 9.90 Å². The zero-order valence-electron chi connectivity index (χ0n) is 19.6. The molecule has 2 N–H and O–H groups in total. The summed E-state index contributed by atoms with van der Waals surface area (Å²) >= 11 is 0. The number of Topliss-reactive ketones (excluding diaryl/α,β-unsaturated/α-hetero) is 1. The molecule has 0 amide bonds. The maximum atomic E-state index is 12.7. The first-order valence-electron chi connectivity index (χ1n) is 12.0. The Bertz CT molecular complexity index is 768. The molecule has 4 rings (SSSR count). The van der Waals surface area contributed by atoms with Gasteiger partial charge in [-0.05, 0) is 76.3 Å². The van der Waals surface area contributed by atoms with Gasteiger partial charge in [-0.1, -0.05) is 24.2 Å². The van der Waals surface area contributed by atoms with Gasteiger partial charge < -0.3 is 20.1 Å². The van der Waals surface area contributed by atoms with Crippen LogP contribution in [0.15, 0.2) is 10.3 Å². The zero-order chi connectivity index (χ0) is 22.3. The second-order valence-electron chi connectivity index (χ2n) is 10.6. The number of nitrogens with one attached hydrogen (secondary N) is 1. The Kier molecular flexibility index (Phi) is 6.21. The number of nitrogens with zero attached hydrogens (tertiary/aromatic N) is 2. The molecule has 6 atom stereocenters. The van der Waals surface area contributed by atoms with Crippen molar-refractivity contribution in [2.45, 2.75) is 77.2 Å². The number of carbonyl (C=O) groups is 1. The highest BCUT2D eigenvalue weighted by atomic mass is 16.6. The molecule has 31 heavy (non-hydrogen) atoms. The Morgan fingerprint density at radius 1 is 1.16 bits per heavy atom. The molecule has 174 valence electrons. The fourth-order valence-electron chi connectivity index (χ4n) is 7.40. The van der Waals surface area contributed by atoms with Crippen molar-refractivity contribution >= 4 is 17.2 Å². The third-order valence-electron chi connectivity index (χ3n) is 9.27. The molecular formula is C24H39N3O4. The second-order valence-corrected chi connectivity index (χ2v) is 10.6. The van der Waals surface area contributed by atoms with Crippen molar-refractivity contribution in [2.75, 3.05) is 27.3 Å². The van der Waals surface area contributed by atoms with Gasteiger partial charge in [-0.2, -0.15) is 0 Å². The lowest BCUT2D eigenvalue weighted by Gasteiger charge is -2.62. The minimum Gasteiger partial charge on any atom is -0.399 e. The van der Waals surface area contributed by atoms with Gasteiger partial charge in [0.25, 0.3) is 0 Å². The van der Waals surface area contributed by atoms with Crippen LogP contribution in [0.25, 0.3) is 0 Å². The molecule has 4 aliphatic rings. The summed E-state index contributed by atoms with van der Waals surface area (Å²) in [5.41, 5.74) is 0.0543. The quantitative estimate of drug-likeness (QED) is 0.495. The van der Waals surface area contributed by atoms with Crippen molar-refractivity contribution in [2.24, 2.45) is 38.9 Å². The van der Waals surface area contributed by atoms with Crippen molar-refractivity contribution in [1.29, 1.82) is 0 Å². The standard InChI is InChI=1S/C24H39N3O4/c1-22-10-9-19-17(18(22)6-7-21(22)28)14-20(27-30-4)24(29)15-16(8-11-23(19,24)2)26-31-13-5-12-25-3/h17-19,25,29H,5-15H2,1-4H3/t17-,18-,19-,22-,23+,24-/m0/s1. The van der Waals surface area contributed by atoms with Gasteiger partial charge in [-0.25, -0.2) is 0 Å². The van der Waals surface area contributed by atoms with E-state index in [1.807, 2.05) is 7.05 Å². The Hall–Kier alpha value is -1.47. The van der Waals surface area contributed by atoms with E-state index >= 15 is 0 Å². The first kappa shape index (κ1) is 22.7. The van der Waals surface area contributed by atoms with Gasteiger partial charge >= 0.3 is 0 Å². The molecule has 0 unspecified atom stereocenters. The molecule has 7 nitrogen and oxygen atoms in total. The number of ketones is 1. The van der Waals surface area contributed by atoms with Gasteiger partial charge in [-0.3, -0.25) is 4.79 Å². The highest BCUT2D eigenvalue weighted by Gasteiger charge is 2.66. The van der Waals surface area contributed by atoms with E-state index in [-0.39, 0.29) is 10.8 Å². The topological polar surface area (TPSA) is 92.5 Å². The van der Waals surface area contributed by atoms with Gasteiger partial charge in [0.2, 0.25) is 0 Å². The van der Waals surface area contributed by atoms with Crippen molar-refractivity contribution < 1.29 is 19.6 Å². The summed E-state index contributed by atoms with van der Waals surface area (Å²) in [6.45, 7) is 5.87. The summed E-state index contributed by atoms with van der Waals surface area (Å²) < 4.78 is 0. The van der Waals surface area contributed by atoms with Crippen LogP contribution in [0.5, 0.6) is 0 Å². The summed E-state index contributed by atoms with van der Waals surface area (Å²) in [5, 5.41) is 24.0. The van der Waals surface area contributed by atoms with Gasteiger partial charge in [-0.15, -0.1) is 0 Å². The maximum Gasteiger partial charge on any atom is 0.139 e. The van der Waals surface area contributed by atoms with E-state index in [0.717, 1.165) is 56.5 Å². The van der Waals surface area contributed by atoms with Crippen molar-refractivity contribution in [3.8, 4) is 0 Å². The summed E-state index contributed by atoms with van der Waals surface area (Å²) in [6, 6.07) is 0. The second kappa shape index (κ2) is 8.47. The average molecular weight is 434 g/mol. The smallest absolute Gasteiger partial charge is 0.139 e. The molecular weight excluding hydrogens is 394 g/mol. The summed E-state index contributed by atoms with van der Waals surface area (Å²) in [4.78, 5) is 23.5. The molecule has 0 aromatic heterocycles. The highest BCUT2D eigenvalue weighted by Crippen LogP contribution is 2.65. The largest absolute Gasteiger partial charge is 0.399 e. The number of aliphatic hydroxyl groups is 1. The van der Waals surface area contributed by atoms with Gasteiger partial charge in [0.05, 0.1) is 11.4 Å². The van der Waals surface area contributed by atoms with Crippen LogP contribution in [0.4, 0.5) is 0 Å². The average Bonchev–Trinajstić information content (AvgIpc) is 3.04. The molecule has 0 aromatic carbocycles. The van der Waals surface area contributed by atoms with Gasteiger partial charge in [0, 0.05) is 23.7 Å². The molecule has 0 radical (unpaired) electrons. The van der Waals surface area contributed by atoms with E-state index in [2.05, 4.69) is 29.5 Å². The highest BCUT2D eigenvalue weighted by molar-refractivity contribution is 6.01. The third-order valence-corrected chi connectivity index (χ3v) is 9.27. The fourth-order valence-corrected chi connectivity index (χ4v) is 7.40. The van der Waals surface area contributed by atoms with Crippen LogP contribution in [0.2, 0.25) is 0 Å². The molecule has 0 saturated heterocycles. The summed E-state index contributed by atoms with van der Waals surface area (Å²) in [7, 11) is 3.47. The molecule has 4 fully saturated rings. The van der Waals surface area contributed by atoms with Crippen molar-refractivity contribution in [3.05, 3.63) is 0 Å². The lowest BCUT2D eigenvalue weighted by molar-refractivity contribution is -0.146. The fraction of sp³-hybridized carbons (Fsp3) is 0.875. The molecule has 0 aromatic rings. The lowest BCUT2D eigenvalue weighted by Crippen LogP contribution is -2.66. The lowest BCUT2D eigenvalue weighted by atomic mass is 9.43.